The maximum atomic E-state index is 10.5. The maximum Gasteiger partial charge on any atom is 0.306 e. The number of rotatable bonds is 6. The number of aromatic nitrogens is 1. The molecule has 23 heavy (non-hydrogen) atoms. The van der Waals surface area contributed by atoms with E-state index in [9.17, 15) is 4.79 Å². The van der Waals surface area contributed by atoms with Crippen molar-refractivity contribution in [3.05, 3.63) is 59.1 Å². The van der Waals surface area contributed by atoms with Gasteiger partial charge < -0.3 is 9.84 Å². The molecule has 0 atom stereocenters. The Hall–Kier alpha value is -2.66. The molecule has 0 saturated heterocycles. The lowest BCUT2D eigenvalue weighted by molar-refractivity contribution is -0.137. The van der Waals surface area contributed by atoms with Gasteiger partial charge in [0.15, 0.2) is 0 Å². The number of carboxylic acids is 1. The number of fused-ring (bicyclic) bond motifs is 1. The molecule has 1 aromatic heterocycles. The van der Waals surface area contributed by atoms with Gasteiger partial charge in [-0.25, -0.2) is 4.98 Å². The fourth-order valence-corrected chi connectivity index (χ4v) is 2.96. The monoisotopic (exact) mass is 325 g/mol. The van der Waals surface area contributed by atoms with Gasteiger partial charge in [0.1, 0.15) is 10.8 Å². The van der Waals surface area contributed by atoms with Crippen molar-refractivity contribution in [1.29, 1.82) is 0 Å². The Bertz CT molecular complexity index is 821. The fraction of sp³-hybridized carbons (Fsp3) is 0.111. The molecule has 0 aliphatic rings. The van der Waals surface area contributed by atoms with Gasteiger partial charge in [-0.15, -0.1) is 11.3 Å². The summed E-state index contributed by atoms with van der Waals surface area (Å²) in [5.74, 6) is -0.199. The second kappa shape index (κ2) is 7.07. The molecule has 0 saturated carbocycles. The topological polar surface area (TPSA) is 59.4 Å². The molecule has 3 rings (SSSR count). The third-order valence-corrected chi connectivity index (χ3v) is 4.17. The molecule has 4 nitrogen and oxygen atoms in total. The molecule has 1 heterocycles. The number of benzene rings is 2. The number of hydrogen-bond donors (Lipinski definition) is 1. The van der Waals surface area contributed by atoms with Crippen molar-refractivity contribution >= 4 is 39.7 Å². The zero-order valence-corrected chi connectivity index (χ0v) is 13.1. The van der Waals surface area contributed by atoms with Gasteiger partial charge in [-0.3, -0.25) is 4.79 Å². The van der Waals surface area contributed by atoms with E-state index in [-0.39, 0.29) is 13.0 Å². The van der Waals surface area contributed by atoms with Crippen molar-refractivity contribution < 1.29 is 14.6 Å². The van der Waals surface area contributed by atoms with Gasteiger partial charge in [-0.05, 0) is 35.9 Å². The molecule has 0 aliphatic heterocycles. The average Bonchev–Trinajstić information content (AvgIpc) is 2.96. The highest BCUT2D eigenvalue weighted by molar-refractivity contribution is 7.19. The SMILES string of the molecule is O=C(O)CCOc1cccc(/C=C/c2nc3ccccc3s2)c1. The molecule has 0 spiro atoms. The molecule has 0 bridgehead atoms. The second-order valence-electron chi connectivity index (χ2n) is 4.92. The predicted molar refractivity (Wildman–Crippen MR) is 92.7 cm³/mol. The summed E-state index contributed by atoms with van der Waals surface area (Å²) in [5, 5.41) is 9.57. The van der Waals surface area contributed by atoms with Crippen LogP contribution in [0.5, 0.6) is 5.75 Å². The predicted octanol–water partition coefficient (Wildman–Crippen LogP) is 4.32. The lowest BCUT2D eigenvalue weighted by Gasteiger charge is -2.04. The van der Waals surface area contributed by atoms with Crippen LogP contribution in [0.15, 0.2) is 48.5 Å². The van der Waals surface area contributed by atoms with Gasteiger partial charge in [-0.2, -0.15) is 0 Å². The Morgan fingerprint density at radius 1 is 1.17 bits per heavy atom. The largest absolute Gasteiger partial charge is 0.493 e. The molecular formula is C18H15NO3S. The Kier molecular flexibility index (Phi) is 4.68. The lowest BCUT2D eigenvalue weighted by atomic mass is 10.2. The van der Waals surface area contributed by atoms with Gasteiger partial charge in [0.25, 0.3) is 0 Å². The van der Waals surface area contributed by atoms with E-state index < -0.39 is 5.97 Å². The van der Waals surface area contributed by atoms with Crippen LogP contribution in [-0.2, 0) is 4.79 Å². The minimum absolute atomic E-state index is 0.00816. The van der Waals surface area contributed by atoms with Crippen molar-refractivity contribution in [1.82, 2.24) is 4.98 Å². The molecule has 0 aliphatic carbocycles. The third kappa shape index (κ3) is 4.17. The molecule has 2 aromatic carbocycles. The van der Waals surface area contributed by atoms with Gasteiger partial charge in [0.2, 0.25) is 0 Å². The highest BCUT2D eigenvalue weighted by atomic mass is 32.1. The van der Waals surface area contributed by atoms with Crippen LogP contribution >= 0.6 is 11.3 Å². The fourth-order valence-electron chi connectivity index (χ4n) is 2.09. The van der Waals surface area contributed by atoms with Crippen molar-refractivity contribution in [3.8, 4) is 5.75 Å². The summed E-state index contributed by atoms with van der Waals surface area (Å²) in [6, 6.07) is 15.6. The molecule has 116 valence electrons. The van der Waals surface area contributed by atoms with Crippen LogP contribution in [-0.4, -0.2) is 22.7 Å². The van der Waals surface area contributed by atoms with Crippen LogP contribution in [0.1, 0.15) is 17.0 Å². The molecule has 3 aromatic rings. The summed E-state index contributed by atoms with van der Waals surface area (Å²) >= 11 is 1.64. The molecule has 1 N–H and O–H groups in total. The number of thiazole rings is 1. The van der Waals surface area contributed by atoms with Crippen LogP contribution in [0.25, 0.3) is 22.4 Å². The summed E-state index contributed by atoms with van der Waals surface area (Å²) in [6.07, 6.45) is 3.94. The molecule has 0 unspecified atom stereocenters. The highest BCUT2D eigenvalue weighted by Crippen LogP contribution is 2.23. The quantitative estimate of drug-likeness (QED) is 0.733. The molecule has 0 radical (unpaired) electrons. The van der Waals surface area contributed by atoms with Gasteiger partial charge in [0, 0.05) is 0 Å². The first-order valence-electron chi connectivity index (χ1n) is 7.19. The van der Waals surface area contributed by atoms with E-state index in [4.69, 9.17) is 9.84 Å². The first kappa shape index (κ1) is 15.2. The van der Waals surface area contributed by atoms with Crippen molar-refractivity contribution in [2.45, 2.75) is 6.42 Å². The number of carboxylic acid groups (broad SMARTS) is 1. The van der Waals surface area contributed by atoms with Crippen LogP contribution < -0.4 is 4.74 Å². The minimum Gasteiger partial charge on any atom is -0.493 e. The first-order valence-corrected chi connectivity index (χ1v) is 8.01. The van der Waals surface area contributed by atoms with E-state index >= 15 is 0 Å². The first-order chi connectivity index (χ1) is 11.2. The van der Waals surface area contributed by atoms with E-state index in [2.05, 4.69) is 11.1 Å². The summed E-state index contributed by atoms with van der Waals surface area (Å²) in [4.78, 5) is 15.0. The standard InChI is InChI=1S/C18H15NO3S/c20-18(21)10-11-22-14-5-3-4-13(12-14)8-9-17-19-15-6-1-2-7-16(15)23-17/h1-9,12H,10-11H2,(H,20,21)/b9-8+. The van der Waals surface area contributed by atoms with E-state index in [1.165, 1.54) is 0 Å². The van der Waals surface area contributed by atoms with Crippen LogP contribution in [0.4, 0.5) is 0 Å². The van der Waals surface area contributed by atoms with Crippen molar-refractivity contribution in [2.24, 2.45) is 0 Å². The highest BCUT2D eigenvalue weighted by Gasteiger charge is 2.01. The Morgan fingerprint density at radius 3 is 2.87 bits per heavy atom. The summed E-state index contributed by atoms with van der Waals surface area (Å²) in [5.41, 5.74) is 1.99. The number of nitrogens with zero attached hydrogens (tertiary/aromatic N) is 1. The Balaban J connectivity index is 1.70. The zero-order valence-electron chi connectivity index (χ0n) is 12.3. The Morgan fingerprint density at radius 2 is 2.04 bits per heavy atom. The van der Waals surface area contributed by atoms with E-state index in [0.29, 0.717) is 5.75 Å². The van der Waals surface area contributed by atoms with E-state index in [1.807, 2.05) is 54.6 Å². The van der Waals surface area contributed by atoms with E-state index in [0.717, 1.165) is 20.8 Å². The van der Waals surface area contributed by atoms with Crippen molar-refractivity contribution in [2.75, 3.05) is 6.61 Å². The Labute approximate surface area is 137 Å². The zero-order chi connectivity index (χ0) is 16.1. The van der Waals surface area contributed by atoms with Crippen molar-refractivity contribution in [3.63, 3.8) is 0 Å². The van der Waals surface area contributed by atoms with Gasteiger partial charge in [0.05, 0.1) is 23.2 Å². The smallest absolute Gasteiger partial charge is 0.306 e. The molecular weight excluding hydrogens is 310 g/mol. The summed E-state index contributed by atoms with van der Waals surface area (Å²) in [7, 11) is 0. The van der Waals surface area contributed by atoms with Gasteiger partial charge >= 0.3 is 5.97 Å². The molecule has 5 heteroatoms. The average molecular weight is 325 g/mol. The third-order valence-electron chi connectivity index (χ3n) is 3.17. The molecule has 0 amide bonds. The van der Waals surface area contributed by atoms with Gasteiger partial charge in [-0.1, -0.05) is 30.3 Å². The van der Waals surface area contributed by atoms with E-state index in [1.54, 1.807) is 11.3 Å². The lowest BCUT2D eigenvalue weighted by Crippen LogP contribution is -2.04. The van der Waals surface area contributed by atoms with Crippen LogP contribution in [0, 0.1) is 0 Å². The number of carbonyl (C=O) groups is 1. The summed E-state index contributed by atoms with van der Waals surface area (Å²) in [6.45, 7) is 0.167. The minimum atomic E-state index is -0.864. The number of hydrogen-bond acceptors (Lipinski definition) is 4. The second-order valence-corrected chi connectivity index (χ2v) is 5.98. The number of ether oxygens (including phenoxy) is 1. The van der Waals surface area contributed by atoms with Crippen LogP contribution in [0.2, 0.25) is 0 Å². The number of aliphatic carboxylic acids is 1. The maximum absolute atomic E-state index is 10.5. The van der Waals surface area contributed by atoms with Crippen LogP contribution in [0.3, 0.4) is 0 Å². The summed E-state index contributed by atoms with van der Waals surface area (Å²) < 4.78 is 6.59. The molecule has 0 fully saturated rings. The normalized spacial score (nSPS) is 11.1. The number of para-hydroxylation sites is 1.